The van der Waals surface area contributed by atoms with Crippen molar-refractivity contribution in [3.8, 4) is 5.75 Å². The lowest BCUT2D eigenvalue weighted by atomic mass is 9.99. The van der Waals surface area contributed by atoms with Crippen molar-refractivity contribution in [2.24, 2.45) is 0 Å². The Labute approximate surface area is 114 Å². The second kappa shape index (κ2) is 4.84. The first-order chi connectivity index (χ1) is 8.43. The highest BCUT2D eigenvalue weighted by atomic mass is 32.1. The molecular weight excluding hydrogens is 246 g/mol. The number of nitrogens with zero attached hydrogens (tertiary/aromatic N) is 1. The van der Waals surface area contributed by atoms with E-state index in [2.05, 4.69) is 12.6 Å². The van der Waals surface area contributed by atoms with Crippen molar-refractivity contribution in [1.82, 2.24) is 4.90 Å². The number of ether oxygens (including phenoxy) is 1. The summed E-state index contributed by atoms with van der Waals surface area (Å²) in [6, 6.07) is 5.73. The van der Waals surface area contributed by atoms with E-state index in [1.807, 2.05) is 39.0 Å². The van der Waals surface area contributed by atoms with Crippen molar-refractivity contribution in [3.63, 3.8) is 0 Å². The molecule has 0 bridgehead atoms. The maximum absolute atomic E-state index is 12.3. The van der Waals surface area contributed by atoms with Crippen LogP contribution >= 0.6 is 12.6 Å². The third-order valence-corrected chi connectivity index (χ3v) is 3.46. The highest BCUT2D eigenvalue weighted by molar-refractivity contribution is 7.81. The Bertz CT molecular complexity index is 465. The molecule has 4 heteroatoms. The molecule has 0 aliphatic carbocycles. The topological polar surface area (TPSA) is 29.5 Å². The first-order valence-electron chi connectivity index (χ1n) is 6.22. The van der Waals surface area contributed by atoms with Gasteiger partial charge in [-0.3, -0.25) is 4.79 Å². The third-order valence-electron chi connectivity index (χ3n) is 3.21. The van der Waals surface area contributed by atoms with Gasteiger partial charge in [0.2, 0.25) is 0 Å². The Morgan fingerprint density at radius 2 is 2.17 bits per heavy atom. The third kappa shape index (κ3) is 2.48. The molecule has 1 aromatic rings. The van der Waals surface area contributed by atoms with E-state index in [1.165, 1.54) is 0 Å². The predicted molar refractivity (Wildman–Crippen MR) is 75.5 cm³/mol. The quantitative estimate of drug-likeness (QED) is 0.833. The number of rotatable bonds is 2. The number of hydrogen-bond acceptors (Lipinski definition) is 3. The molecule has 0 fully saturated rings. The number of hydrogen-bond donors (Lipinski definition) is 1. The van der Waals surface area contributed by atoms with Crippen LogP contribution in [0.4, 0.5) is 0 Å². The second-order valence-electron chi connectivity index (χ2n) is 5.00. The summed E-state index contributed by atoms with van der Waals surface area (Å²) in [5, 5.41) is 0. The molecule has 1 aromatic carbocycles. The molecule has 0 spiro atoms. The number of carbonyl (C=O) groups is 1. The van der Waals surface area contributed by atoms with Crippen LogP contribution in [0.25, 0.3) is 0 Å². The van der Waals surface area contributed by atoms with Gasteiger partial charge in [-0.15, -0.1) is 0 Å². The maximum Gasteiger partial charge on any atom is 0.257 e. The van der Waals surface area contributed by atoms with E-state index in [1.54, 1.807) is 4.90 Å². The standard InChI is InChI=1S/C14H19NO2S/c1-4-15-7-8-17-12-9-10(14(2,3)18)5-6-11(12)13(15)16/h5-6,9,18H,4,7-8H2,1-3H3. The van der Waals surface area contributed by atoms with Gasteiger partial charge in [-0.1, -0.05) is 6.07 Å². The van der Waals surface area contributed by atoms with Gasteiger partial charge in [0.05, 0.1) is 12.1 Å². The fraction of sp³-hybridized carbons (Fsp3) is 0.500. The average Bonchev–Trinajstić information content (AvgIpc) is 2.47. The lowest BCUT2D eigenvalue weighted by molar-refractivity contribution is 0.0765. The van der Waals surface area contributed by atoms with E-state index in [4.69, 9.17) is 4.74 Å². The monoisotopic (exact) mass is 265 g/mol. The molecular formula is C14H19NO2S. The number of thiol groups is 1. The molecule has 0 radical (unpaired) electrons. The van der Waals surface area contributed by atoms with Gasteiger partial charge in [-0.25, -0.2) is 0 Å². The van der Waals surface area contributed by atoms with Crippen LogP contribution in [0.15, 0.2) is 18.2 Å². The van der Waals surface area contributed by atoms with Crippen LogP contribution in [-0.4, -0.2) is 30.5 Å². The molecule has 3 nitrogen and oxygen atoms in total. The van der Waals surface area contributed by atoms with Crippen LogP contribution < -0.4 is 4.74 Å². The first-order valence-corrected chi connectivity index (χ1v) is 6.67. The zero-order chi connectivity index (χ0) is 13.3. The van der Waals surface area contributed by atoms with Crippen LogP contribution in [-0.2, 0) is 4.75 Å². The van der Waals surface area contributed by atoms with Crippen molar-refractivity contribution in [1.29, 1.82) is 0 Å². The molecule has 0 aromatic heterocycles. The fourth-order valence-electron chi connectivity index (χ4n) is 2.04. The molecule has 1 aliphatic rings. The van der Waals surface area contributed by atoms with Crippen molar-refractivity contribution < 1.29 is 9.53 Å². The first kappa shape index (κ1) is 13.3. The summed E-state index contributed by atoms with van der Waals surface area (Å²) in [5.41, 5.74) is 1.71. The number of likely N-dealkylation sites (N-methyl/N-ethyl adjacent to an activating group) is 1. The number of benzene rings is 1. The summed E-state index contributed by atoms with van der Waals surface area (Å²) < 4.78 is 5.45. The molecule has 18 heavy (non-hydrogen) atoms. The van der Waals surface area contributed by atoms with Crippen molar-refractivity contribution >= 4 is 18.5 Å². The highest BCUT2D eigenvalue weighted by Crippen LogP contribution is 2.32. The molecule has 0 unspecified atom stereocenters. The van der Waals surface area contributed by atoms with E-state index in [9.17, 15) is 4.79 Å². The molecule has 1 amide bonds. The summed E-state index contributed by atoms with van der Waals surface area (Å²) in [5.74, 6) is 0.726. The van der Waals surface area contributed by atoms with Crippen LogP contribution in [0, 0.1) is 0 Å². The molecule has 1 heterocycles. The minimum absolute atomic E-state index is 0.0496. The Balaban J connectivity index is 2.43. The van der Waals surface area contributed by atoms with Gasteiger partial charge in [-0.05, 0) is 38.5 Å². The lowest BCUT2D eigenvalue weighted by Gasteiger charge is -2.20. The molecule has 0 atom stereocenters. The summed E-state index contributed by atoms with van der Waals surface area (Å²) in [7, 11) is 0. The average molecular weight is 265 g/mol. The number of amides is 1. The van der Waals surface area contributed by atoms with Gasteiger partial charge in [0.1, 0.15) is 12.4 Å². The van der Waals surface area contributed by atoms with E-state index >= 15 is 0 Å². The van der Waals surface area contributed by atoms with E-state index in [0.717, 1.165) is 5.56 Å². The highest BCUT2D eigenvalue weighted by Gasteiger charge is 2.24. The van der Waals surface area contributed by atoms with E-state index in [0.29, 0.717) is 31.0 Å². The van der Waals surface area contributed by atoms with Crippen molar-refractivity contribution in [2.75, 3.05) is 19.7 Å². The summed E-state index contributed by atoms with van der Waals surface area (Å²) in [6.45, 7) is 7.92. The molecule has 2 rings (SSSR count). The minimum atomic E-state index is -0.238. The number of carbonyl (C=O) groups excluding carboxylic acids is 1. The maximum atomic E-state index is 12.3. The minimum Gasteiger partial charge on any atom is -0.491 e. The van der Waals surface area contributed by atoms with Gasteiger partial charge in [0, 0.05) is 11.3 Å². The molecule has 98 valence electrons. The smallest absolute Gasteiger partial charge is 0.257 e. The Morgan fingerprint density at radius 1 is 1.44 bits per heavy atom. The van der Waals surface area contributed by atoms with Gasteiger partial charge < -0.3 is 9.64 Å². The Kier molecular flexibility index (Phi) is 3.57. The normalized spacial score (nSPS) is 16.0. The summed E-state index contributed by atoms with van der Waals surface area (Å²) in [6.07, 6.45) is 0. The fourth-order valence-corrected chi connectivity index (χ4v) is 2.18. The van der Waals surface area contributed by atoms with E-state index < -0.39 is 0 Å². The summed E-state index contributed by atoms with van der Waals surface area (Å²) >= 11 is 4.55. The van der Waals surface area contributed by atoms with Gasteiger partial charge in [0.15, 0.2) is 0 Å². The van der Waals surface area contributed by atoms with Crippen molar-refractivity contribution in [2.45, 2.75) is 25.5 Å². The SMILES string of the molecule is CCN1CCOc2cc(C(C)(C)S)ccc2C1=O. The lowest BCUT2D eigenvalue weighted by Crippen LogP contribution is -2.31. The number of fused-ring (bicyclic) bond motifs is 1. The van der Waals surface area contributed by atoms with Crippen molar-refractivity contribution in [3.05, 3.63) is 29.3 Å². The van der Waals surface area contributed by atoms with E-state index in [-0.39, 0.29) is 10.7 Å². The van der Waals surface area contributed by atoms with Crippen LogP contribution in [0.5, 0.6) is 5.75 Å². The van der Waals surface area contributed by atoms with Crippen LogP contribution in [0.3, 0.4) is 0 Å². The second-order valence-corrected chi connectivity index (χ2v) is 6.12. The van der Waals surface area contributed by atoms with Gasteiger partial charge in [-0.2, -0.15) is 12.6 Å². The molecule has 0 saturated heterocycles. The zero-order valence-corrected chi connectivity index (χ0v) is 12.0. The Hall–Kier alpha value is -1.16. The molecule has 1 aliphatic heterocycles. The summed E-state index contributed by atoms with van der Waals surface area (Å²) in [4.78, 5) is 14.1. The largest absolute Gasteiger partial charge is 0.491 e. The van der Waals surface area contributed by atoms with Gasteiger partial charge >= 0.3 is 0 Å². The molecule has 0 saturated carbocycles. The Morgan fingerprint density at radius 3 is 2.78 bits per heavy atom. The molecule has 0 N–H and O–H groups in total. The van der Waals surface area contributed by atoms with Crippen LogP contribution in [0.2, 0.25) is 0 Å². The zero-order valence-electron chi connectivity index (χ0n) is 11.1. The predicted octanol–water partition coefficient (Wildman–Crippen LogP) is 2.71. The van der Waals surface area contributed by atoms with Gasteiger partial charge in [0.25, 0.3) is 5.91 Å². The van der Waals surface area contributed by atoms with Crippen LogP contribution in [0.1, 0.15) is 36.7 Å².